The van der Waals surface area contributed by atoms with E-state index in [1.165, 1.54) is 24.8 Å². The van der Waals surface area contributed by atoms with E-state index in [9.17, 15) is 14.0 Å². The first kappa shape index (κ1) is 21.6. The SMILES string of the molecule is O=C(c1ccco1)N1CCN(CC(=O)N(Cc2ccc(F)cc2)C2CCCCC2)CC1. The van der Waals surface area contributed by atoms with E-state index in [4.69, 9.17) is 4.42 Å². The van der Waals surface area contributed by atoms with Crippen molar-refractivity contribution < 1.29 is 18.4 Å². The predicted octanol–water partition coefficient (Wildman–Crippen LogP) is 3.54. The molecule has 0 radical (unpaired) electrons. The molecule has 7 heteroatoms. The molecule has 0 unspecified atom stereocenters. The molecule has 0 spiro atoms. The number of furan rings is 1. The van der Waals surface area contributed by atoms with Gasteiger partial charge in [0.25, 0.3) is 5.91 Å². The fraction of sp³-hybridized carbons (Fsp3) is 0.500. The fourth-order valence-corrected chi connectivity index (χ4v) is 4.55. The van der Waals surface area contributed by atoms with E-state index >= 15 is 0 Å². The van der Waals surface area contributed by atoms with Crippen LogP contribution in [0.15, 0.2) is 47.1 Å². The zero-order chi connectivity index (χ0) is 21.6. The summed E-state index contributed by atoms with van der Waals surface area (Å²) in [4.78, 5) is 31.6. The summed E-state index contributed by atoms with van der Waals surface area (Å²) in [6.45, 7) is 3.34. The van der Waals surface area contributed by atoms with Crippen LogP contribution in [0.25, 0.3) is 0 Å². The van der Waals surface area contributed by atoms with Crippen molar-refractivity contribution in [1.82, 2.24) is 14.7 Å². The van der Waals surface area contributed by atoms with Gasteiger partial charge in [0, 0.05) is 38.8 Å². The van der Waals surface area contributed by atoms with Crippen molar-refractivity contribution in [3.8, 4) is 0 Å². The number of carbonyl (C=O) groups is 2. The van der Waals surface area contributed by atoms with E-state index < -0.39 is 0 Å². The van der Waals surface area contributed by atoms with Crippen LogP contribution in [0.2, 0.25) is 0 Å². The van der Waals surface area contributed by atoms with E-state index in [1.54, 1.807) is 29.2 Å². The van der Waals surface area contributed by atoms with Crippen molar-refractivity contribution in [2.24, 2.45) is 0 Å². The molecule has 2 fully saturated rings. The highest BCUT2D eigenvalue weighted by Crippen LogP contribution is 2.25. The lowest BCUT2D eigenvalue weighted by atomic mass is 9.93. The van der Waals surface area contributed by atoms with Crippen LogP contribution in [0.4, 0.5) is 4.39 Å². The van der Waals surface area contributed by atoms with Crippen molar-refractivity contribution in [3.05, 3.63) is 59.8 Å². The van der Waals surface area contributed by atoms with Crippen LogP contribution in [0.5, 0.6) is 0 Å². The van der Waals surface area contributed by atoms with Gasteiger partial charge in [0.2, 0.25) is 5.91 Å². The Kier molecular flexibility index (Phi) is 7.02. The Morgan fingerprint density at radius 3 is 2.35 bits per heavy atom. The maximum Gasteiger partial charge on any atom is 0.289 e. The van der Waals surface area contributed by atoms with Gasteiger partial charge in [0.1, 0.15) is 5.82 Å². The molecule has 2 heterocycles. The van der Waals surface area contributed by atoms with Crippen molar-refractivity contribution in [1.29, 1.82) is 0 Å². The average molecular weight is 428 g/mol. The van der Waals surface area contributed by atoms with E-state index in [-0.39, 0.29) is 23.7 Å². The number of piperazine rings is 1. The Bertz CT molecular complexity index is 855. The van der Waals surface area contributed by atoms with Gasteiger partial charge < -0.3 is 14.2 Å². The van der Waals surface area contributed by atoms with Crippen molar-refractivity contribution in [2.75, 3.05) is 32.7 Å². The summed E-state index contributed by atoms with van der Waals surface area (Å²) < 4.78 is 18.5. The summed E-state index contributed by atoms with van der Waals surface area (Å²) in [5.41, 5.74) is 0.953. The Morgan fingerprint density at radius 2 is 1.71 bits per heavy atom. The molecule has 0 bridgehead atoms. The minimum absolute atomic E-state index is 0.101. The third-order valence-corrected chi connectivity index (χ3v) is 6.35. The Balaban J connectivity index is 1.35. The number of halogens is 1. The molecule has 2 amide bonds. The van der Waals surface area contributed by atoms with E-state index in [0.717, 1.165) is 31.2 Å². The molecule has 166 valence electrons. The largest absolute Gasteiger partial charge is 0.459 e. The molecular weight excluding hydrogens is 397 g/mol. The molecule has 0 atom stereocenters. The van der Waals surface area contributed by atoms with Gasteiger partial charge in [-0.2, -0.15) is 0 Å². The Hall–Kier alpha value is -2.67. The lowest BCUT2D eigenvalue weighted by molar-refractivity contribution is -0.136. The zero-order valence-corrected chi connectivity index (χ0v) is 17.8. The summed E-state index contributed by atoms with van der Waals surface area (Å²) in [6, 6.07) is 10.1. The minimum Gasteiger partial charge on any atom is -0.459 e. The van der Waals surface area contributed by atoms with Crippen LogP contribution >= 0.6 is 0 Å². The van der Waals surface area contributed by atoms with Gasteiger partial charge in [-0.05, 0) is 42.7 Å². The molecule has 2 aliphatic rings. The number of hydrogen-bond acceptors (Lipinski definition) is 4. The molecule has 0 N–H and O–H groups in total. The van der Waals surface area contributed by atoms with Crippen LogP contribution in [0.3, 0.4) is 0 Å². The second-order valence-corrected chi connectivity index (χ2v) is 8.49. The van der Waals surface area contributed by atoms with Gasteiger partial charge in [0.05, 0.1) is 12.8 Å². The molecule has 31 heavy (non-hydrogen) atoms. The molecule has 1 aromatic carbocycles. The highest BCUT2D eigenvalue weighted by Gasteiger charge is 2.29. The highest BCUT2D eigenvalue weighted by atomic mass is 19.1. The summed E-state index contributed by atoms with van der Waals surface area (Å²) in [5.74, 6) is 0.103. The van der Waals surface area contributed by atoms with Crippen LogP contribution in [-0.4, -0.2) is 65.3 Å². The maximum absolute atomic E-state index is 13.3. The Labute approximate surface area is 182 Å². The van der Waals surface area contributed by atoms with E-state index in [2.05, 4.69) is 4.90 Å². The van der Waals surface area contributed by atoms with Gasteiger partial charge in [-0.25, -0.2) is 4.39 Å². The second-order valence-electron chi connectivity index (χ2n) is 8.49. The van der Waals surface area contributed by atoms with Gasteiger partial charge in [-0.3, -0.25) is 14.5 Å². The lowest BCUT2D eigenvalue weighted by Crippen LogP contribution is -2.52. The standard InChI is InChI=1S/C24H30FN3O3/c25-20-10-8-19(9-11-20)17-28(21-5-2-1-3-6-21)23(29)18-26-12-14-27(15-13-26)24(30)22-7-4-16-31-22/h4,7-11,16,21H,1-3,5-6,12-15,17-18H2. The summed E-state index contributed by atoms with van der Waals surface area (Å²) in [6.07, 6.45) is 7.07. The predicted molar refractivity (Wildman–Crippen MR) is 115 cm³/mol. The summed E-state index contributed by atoms with van der Waals surface area (Å²) >= 11 is 0. The number of rotatable bonds is 6. The van der Waals surface area contributed by atoms with Gasteiger partial charge in [0.15, 0.2) is 5.76 Å². The number of hydrogen-bond donors (Lipinski definition) is 0. The quantitative estimate of drug-likeness (QED) is 0.708. The van der Waals surface area contributed by atoms with Crippen molar-refractivity contribution >= 4 is 11.8 Å². The Morgan fingerprint density at radius 1 is 1.00 bits per heavy atom. The number of amides is 2. The molecule has 1 saturated carbocycles. The number of benzene rings is 1. The van der Waals surface area contributed by atoms with Crippen LogP contribution in [-0.2, 0) is 11.3 Å². The van der Waals surface area contributed by atoms with E-state index in [0.29, 0.717) is 45.0 Å². The molecule has 6 nitrogen and oxygen atoms in total. The number of nitrogens with zero attached hydrogens (tertiary/aromatic N) is 3. The first-order valence-corrected chi connectivity index (χ1v) is 11.2. The van der Waals surface area contributed by atoms with Gasteiger partial charge in [-0.1, -0.05) is 31.4 Å². The van der Waals surface area contributed by atoms with Gasteiger partial charge in [-0.15, -0.1) is 0 Å². The summed E-state index contributed by atoms with van der Waals surface area (Å²) in [5, 5.41) is 0. The topological polar surface area (TPSA) is 57.0 Å². The first-order chi connectivity index (χ1) is 15.1. The average Bonchev–Trinajstić information content (AvgIpc) is 3.34. The highest BCUT2D eigenvalue weighted by molar-refractivity contribution is 5.91. The number of carbonyl (C=O) groups excluding carboxylic acids is 2. The first-order valence-electron chi connectivity index (χ1n) is 11.2. The zero-order valence-electron chi connectivity index (χ0n) is 17.8. The lowest BCUT2D eigenvalue weighted by Gasteiger charge is -2.38. The second kappa shape index (κ2) is 10.1. The molecule has 1 aliphatic heterocycles. The minimum atomic E-state index is -0.263. The van der Waals surface area contributed by atoms with Crippen LogP contribution in [0.1, 0.15) is 48.2 Å². The molecule has 2 aromatic rings. The molecular formula is C24H30FN3O3. The van der Waals surface area contributed by atoms with Crippen LogP contribution < -0.4 is 0 Å². The summed E-state index contributed by atoms with van der Waals surface area (Å²) in [7, 11) is 0. The maximum atomic E-state index is 13.3. The monoisotopic (exact) mass is 427 g/mol. The normalized spacial score (nSPS) is 18.2. The smallest absolute Gasteiger partial charge is 0.289 e. The van der Waals surface area contributed by atoms with Gasteiger partial charge >= 0.3 is 0 Å². The van der Waals surface area contributed by atoms with Crippen LogP contribution in [0, 0.1) is 5.82 Å². The molecule has 1 aromatic heterocycles. The third kappa shape index (κ3) is 5.53. The van der Waals surface area contributed by atoms with E-state index in [1.807, 2.05) is 4.90 Å². The molecule has 4 rings (SSSR count). The molecule has 1 saturated heterocycles. The van der Waals surface area contributed by atoms with Crippen molar-refractivity contribution in [3.63, 3.8) is 0 Å². The molecule has 1 aliphatic carbocycles. The van der Waals surface area contributed by atoms with Crippen molar-refractivity contribution in [2.45, 2.75) is 44.7 Å². The fourth-order valence-electron chi connectivity index (χ4n) is 4.55. The third-order valence-electron chi connectivity index (χ3n) is 6.35.